The van der Waals surface area contributed by atoms with Gasteiger partial charge in [-0.05, 0) is 17.7 Å². The van der Waals surface area contributed by atoms with E-state index >= 15 is 0 Å². The normalized spacial score (nSPS) is 12.2. The molecule has 0 saturated carbocycles. The van der Waals surface area contributed by atoms with Gasteiger partial charge in [-0.15, -0.1) is 0 Å². The van der Waals surface area contributed by atoms with Gasteiger partial charge in [0.05, 0.1) is 30.0 Å². The van der Waals surface area contributed by atoms with E-state index in [9.17, 15) is 18.0 Å². The highest BCUT2D eigenvalue weighted by molar-refractivity contribution is 7.90. The number of hydrogen-bond acceptors (Lipinski definition) is 5. The van der Waals surface area contributed by atoms with Gasteiger partial charge in [-0.3, -0.25) is 9.59 Å². The molecule has 0 aliphatic heterocycles. The van der Waals surface area contributed by atoms with E-state index < -0.39 is 27.8 Å². The lowest BCUT2D eigenvalue weighted by Gasteiger charge is -2.19. The molecular formula is C18H19NO5S. The van der Waals surface area contributed by atoms with Crippen molar-refractivity contribution in [2.24, 2.45) is 0 Å². The summed E-state index contributed by atoms with van der Waals surface area (Å²) >= 11 is 0. The second-order valence-corrected chi connectivity index (χ2v) is 7.47. The van der Waals surface area contributed by atoms with Crippen molar-refractivity contribution < 1.29 is 22.7 Å². The maximum absolute atomic E-state index is 12.6. The number of sulfone groups is 1. The highest BCUT2D eigenvalue weighted by Gasteiger charge is 2.23. The summed E-state index contributed by atoms with van der Waals surface area (Å²) in [7, 11) is -2.29. The van der Waals surface area contributed by atoms with Crippen molar-refractivity contribution in [1.29, 1.82) is 0 Å². The van der Waals surface area contributed by atoms with Gasteiger partial charge in [0.1, 0.15) is 0 Å². The van der Waals surface area contributed by atoms with Crippen LogP contribution < -0.4 is 5.32 Å². The molecule has 0 unspecified atom stereocenters. The zero-order valence-corrected chi connectivity index (χ0v) is 14.7. The van der Waals surface area contributed by atoms with Crippen LogP contribution in [0.1, 0.15) is 28.4 Å². The van der Waals surface area contributed by atoms with Crippen LogP contribution in [0.25, 0.3) is 0 Å². The Balaban J connectivity index is 2.34. The Morgan fingerprint density at radius 1 is 1.04 bits per heavy atom. The Morgan fingerprint density at radius 3 is 2.24 bits per heavy atom. The molecule has 2 aromatic rings. The number of methoxy groups -OCH3 is 1. The smallest absolute Gasteiger partial charge is 0.307 e. The Kier molecular flexibility index (Phi) is 5.93. The van der Waals surface area contributed by atoms with Crippen molar-refractivity contribution in [2.75, 3.05) is 13.4 Å². The van der Waals surface area contributed by atoms with Gasteiger partial charge in [0, 0.05) is 6.26 Å². The van der Waals surface area contributed by atoms with Crippen LogP contribution in [0.5, 0.6) is 0 Å². The van der Waals surface area contributed by atoms with Crippen molar-refractivity contribution >= 4 is 21.7 Å². The molecule has 132 valence electrons. The first-order valence-corrected chi connectivity index (χ1v) is 9.43. The van der Waals surface area contributed by atoms with Crippen LogP contribution in [0.2, 0.25) is 0 Å². The van der Waals surface area contributed by atoms with E-state index in [-0.39, 0.29) is 16.9 Å². The summed E-state index contributed by atoms with van der Waals surface area (Å²) in [4.78, 5) is 24.3. The summed E-state index contributed by atoms with van der Waals surface area (Å²) in [5, 5.41) is 2.72. The highest BCUT2D eigenvalue weighted by Crippen LogP contribution is 2.20. The summed E-state index contributed by atoms with van der Waals surface area (Å²) in [6, 6.07) is 14.3. The van der Waals surface area contributed by atoms with Crippen LogP contribution in [0.15, 0.2) is 59.5 Å². The molecule has 7 heteroatoms. The number of amides is 1. The first kappa shape index (κ1) is 18.7. The van der Waals surface area contributed by atoms with Crippen LogP contribution in [-0.2, 0) is 19.4 Å². The molecule has 2 aromatic carbocycles. The first-order chi connectivity index (χ1) is 11.8. The molecule has 6 nitrogen and oxygen atoms in total. The number of carbonyl (C=O) groups excluding carboxylic acids is 2. The standard InChI is InChI=1S/C18H19NO5S/c1-24-17(20)12-15(13-8-4-3-5-9-13)19-18(21)14-10-6-7-11-16(14)25(2,22)23/h3-11,15H,12H2,1-2H3,(H,19,21)/t15-/m0/s1. The van der Waals surface area contributed by atoms with E-state index in [1.54, 1.807) is 36.4 Å². The highest BCUT2D eigenvalue weighted by atomic mass is 32.2. The van der Waals surface area contributed by atoms with Crippen molar-refractivity contribution in [3.05, 3.63) is 65.7 Å². The topological polar surface area (TPSA) is 89.5 Å². The van der Waals surface area contributed by atoms with Crippen molar-refractivity contribution in [1.82, 2.24) is 5.32 Å². The number of esters is 1. The number of rotatable bonds is 6. The fraction of sp³-hybridized carbons (Fsp3) is 0.222. The number of nitrogens with one attached hydrogen (secondary N) is 1. The maximum Gasteiger partial charge on any atom is 0.307 e. The molecule has 0 aliphatic rings. The fourth-order valence-electron chi connectivity index (χ4n) is 2.40. The molecule has 0 bridgehead atoms. The lowest BCUT2D eigenvalue weighted by molar-refractivity contribution is -0.141. The summed E-state index contributed by atoms with van der Waals surface area (Å²) in [5.41, 5.74) is 0.758. The number of hydrogen-bond donors (Lipinski definition) is 1. The minimum absolute atomic E-state index is 0.0378. The summed E-state index contributed by atoms with van der Waals surface area (Å²) in [5.74, 6) is -1.05. The molecule has 0 aromatic heterocycles. The van der Waals surface area contributed by atoms with Crippen LogP contribution >= 0.6 is 0 Å². The maximum atomic E-state index is 12.6. The van der Waals surface area contributed by atoms with E-state index in [0.29, 0.717) is 0 Å². The molecule has 0 heterocycles. The largest absolute Gasteiger partial charge is 0.469 e. The Bertz CT molecular complexity index is 862. The van der Waals surface area contributed by atoms with E-state index in [2.05, 4.69) is 10.1 Å². The van der Waals surface area contributed by atoms with Crippen LogP contribution in [0, 0.1) is 0 Å². The molecule has 1 atom stereocenters. The SMILES string of the molecule is COC(=O)C[C@H](NC(=O)c1ccccc1S(C)(=O)=O)c1ccccc1. The second kappa shape index (κ2) is 7.94. The van der Waals surface area contributed by atoms with Crippen LogP contribution in [0.3, 0.4) is 0 Å². The third kappa shape index (κ3) is 4.90. The molecule has 0 aliphatic carbocycles. The second-order valence-electron chi connectivity index (χ2n) is 5.49. The Labute approximate surface area is 146 Å². The number of ether oxygens (including phenoxy) is 1. The zero-order chi connectivity index (χ0) is 18.4. The molecule has 0 radical (unpaired) electrons. The van der Waals surface area contributed by atoms with Crippen LogP contribution in [0.4, 0.5) is 0 Å². The molecule has 0 saturated heterocycles. The van der Waals surface area contributed by atoms with E-state index in [0.717, 1.165) is 11.8 Å². The zero-order valence-electron chi connectivity index (χ0n) is 13.9. The monoisotopic (exact) mass is 361 g/mol. The first-order valence-electron chi connectivity index (χ1n) is 7.54. The molecule has 0 spiro atoms. The van der Waals surface area contributed by atoms with Gasteiger partial charge in [0.2, 0.25) is 0 Å². The van der Waals surface area contributed by atoms with E-state index in [4.69, 9.17) is 0 Å². The van der Waals surface area contributed by atoms with E-state index in [1.807, 2.05) is 6.07 Å². The summed E-state index contributed by atoms with van der Waals surface area (Å²) in [6.45, 7) is 0. The minimum atomic E-state index is -3.56. The molecule has 1 amide bonds. The summed E-state index contributed by atoms with van der Waals surface area (Å²) in [6.07, 6.45) is 0.982. The van der Waals surface area contributed by atoms with Gasteiger partial charge in [-0.1, -0.05) is 42.5 Å². The molecular weight excluding hydrogens is 342 g/mol. The predicted molar refractivity (Wildman–Crippen MR) is 92.8 cm³/mol. The van der Waals surface area contributed by atoms with Crippen molar-refractivity contribution in [3.8, 4) is 0 Å². The van der Waals surface area contributed by atoms with Crippen LogP contribution in [-0.4, -0.2) is 33.7 Å². The predicted octanol–water partition coefficient (Wildman–Crippen LogP) is 2.12. The quantitative estimate of drug-likeness (QED) is 0.796. The Morgan fingerprint density at radius 2 is 1.64 bits per heavy atom. The van der Waals surface area contributed by atoms with Crippen molar-refractivity contribution in [2.45, 2.75) is 17.4 Å². The van der Waals surface area contributed by atoms with Gasteiger partial charge in [0.15, 0.2) is 9.84 Å². The van der Waals surface area contributed by atoms with Gasteiger partial charge in [-0.25, -0.2) is 8.42 Å². The van der Waals surface area contributed by atoms with E-state index in [1.165, 1.54) is 19.2 Å². The Hall–Kier alpha value is -2.67. The number of benzene rings is 2. The molecule has 25 heavy (non-hydrogen) atoms. The summed E-state index contributed by atoms with van der Waals surface area (Å²) < 4.78 is 28.4. The molecule has 2 rings (SSSR count). The third-order valence-corrected chi connectivity index (χ3v) is 4.79. The van der Waals surface area contributed by atoms with Gasteiger partial charge >= 0.3 is 5.97 Å². The lowest BCUT2D eigenvalue weighted by Crippen LogP contribution is -2.31. The lowest BCUT2D eigenvalue weighted by atomic mass is 10.0. The van der Waals surface area contributed by atoms with Gasteiger partial charge < -0.3 is 10.1 Å². The third-order valence-electron chi connectivity index (χ3n) is 3.64. The van der Waals surface area contributed by atoms with Crippen molar-refractivity contribution in [3.63, 3.8) is 0 Å². The molecule has 1 N–H and O–H groups in total. The average Bonchev–Trinajstić information content (AvgIpc) is 2.61. The average molecular weight is 361 g/mol. The number of carbonyl (C=O) groups is 2. The van der Waals surface area contributed by atoms with Gasteiger partial charge in [0.25, 0.3) is 5.91 Å². The van der Waals surface area contributed by atoms with Gasteiger partial charge in [-0.2, -0.15) is 0 Å². The fourth-order valence-corrected chi connectivity index (χ4v) is 3.29. The molecule has 0 fully saturated rings. The minimum Gasteiger partial charge on any atom is -0.469 e.